The molecule has 4 heteroatoms. The number of benzene rings is 1. The van der Waals surface area contributed by atoms with Crippen molar-refractivity contribution < 1.29 is 14.6 Å². The van der Waals surface area contributed by atoms with Crippen LogP contribution in [0.15, 0.2) is 35.9 Å². The lowest BCUT2D eigenvalue weighted by Crippen LogP contribution is -2.09. The number of ketones is 1. The second-order valence-electron chi connectivity index (χ2n) is 3.49. The average Bonchev–Trinajstić information content (AvgIpc) is 2.47. The van der Waals surface area contributed by atoms with Gasteiger partial charge in [-0.3, -0.25) is 4.79 Å². The highest BCUT2D eigenvalue weighted by atomic mass is 16.5. The number of hydrogen-bond donors (Lipinski definition) is 2. The molecule has 0 amide bonds. The molecule has 1 aromatic carbocycles. The lowest BCUT2D eigenvalue weighted by molar-refractivity contribution is -0.123. The van der Waals surface area contributed by atoms with Gasteiger partial charge in [0.25, 0.3) is 0 Å². The second kappa shape index (κ2) is 3.31. The zero-order valence-electron chi connectivity index (χ0n) is 8.23. The fraction of sp³-hybridized carbons (Fsp3) is 0.182. The van der Waals surface area contributed by atoms with Crippen molar-refractivity contribution in [1.82, 2.24) is 0 Å². The van der Waals surface area contributed by atoms with Crippen LogP contribution in [0.5, 0.6) is 0 Å². The van der Waals surface area contributed by atoms with Crippen molar-refractivity contribution in [3.05, 3.63) is 47.0 Å². The first-order valence-corrected chi connectivity index (χ1v) is 4.55. The third-order valence-corrected chi connectivity index (χ3v) is 2.33. The number of Topliss-reactive ketones (excluding diaryl/α,β-unsaturated/α-hetero) is 1. The molecule has 2 rings (SSSR count). The van der Waals surface area contributed by atoms with Crippen LogP contribution in [-0.4, -0.2) is 10.9 Å². The van der Waals surface area contributed by atoms with Gasteiger partial charge in [0, 0.05) is 5.56 Å². The van der Waals surface area contributed by atoms with Gasteiger partial charge in [0.15, 0.2) is 6.10 Å². The fourth-order valence-corrected chi connectivity index (χ4v) is 1.44. The zero-order valence-corrected chi connectivity index (χ0v) is 8.23. The Labute approximate surface area is 87.0 Å². The third kappa shape index (κ3) is 1.54. The molecule has 0 bridgehead atoms. The standard InChI is InChI=1S/C11H11NO3/c1-6-2-4-7(5-3-6)10-8(13)9(14)11(12)15-10/h2-5,10,14H,12H2,1H3/t10-/m1/s1. The van der Waals surface area contributed by atoms with Crippen LogP contribution in [0, 0.1) is 6.92 Å². The topological polar surface area (TPSA) is 72.6 Å². The Morgan fingerprint density at radius 2 is 1.93 bits per heavy atom. The number of aryl methyl sites for hydroxylation is 1. The Bertz CT molecular complexity index is 434. The van der Waals surface area contributed by atoms with Crippen LogP contribution in [0.25, 0.3) is 0 Å². The van der Waals surface area contributed by atoms with Crippen molar-refractivity contribution in [3.8, 4) is 0 Å². The van der Waals surface area contributed by atoms with Crippen LogP contribution in [-0.2, 0) is 9.53 Å². The zero-order chi connectivity index (χ0) is 11.0. The van der Waals surface area contributed by atoms with Crippen molar-refractivity contribution in [1.29, 1.82) is 0 Å². The summed E-state index contributed by atoms with van der Waals surface area (Å²) in [5, 5.41) is 9.23. The summed E-state index contributed by atoms with van der Waals surface area (Å²) in [5.41, 5.74) is 7.10. The molecule has 0 radical (unpaired) electrons. The van der Waals surface area contributed by atoms with Crippen molar-refractivity contribution in [3.63, 3.8) is 0 Å². The first-order valence-electron chi connectivity index (χ1n) is 4.55. The first kappa shape index (κ1) is 9.58. The molecular weight excluding hydrogens is 194 g/mol. The van der Waals surface area contributed by atoms with Crippen LogP contribution < -0.4 is 5.73 Å². The van der Waals surface area contributed by atoms with Crippen LogP contribution >= 0.6 is 0 Å². The molecular formula is C11H11NO3. The van der Waals surface area contributed by atoms with Crippen molar-refractivity contribution in [2.75, 3.05) is 0 Å². The van der Waals surface area contributed by atoms with Gasteiger partial charge in [-0.25, -0.2) is 0 Å². The van der Waals surface area contributed by atoms with E-state index >= 15 is 0 Å². The van der Waals surface area contributed by atoms with Crippen LogP contribution in [0.4, 0.5) is 0 Å². The van der Waals surface area contributed by atoms with Gasteiger partial charge < -0.3 is 15.6 Å². The minimum atomic E-state index is -0.800. The van der Waals surface area contributed by atoms with Gasteiger partial charge in [-0.15, -0.1) is 0 Å². The molecule has 0 saturated carbocycles. The second-order valence-corrected chi connectivity index (χ2v) is 3.49. The van der Waals surface area contributed by atoms with Gasteiger partial charge in [-0.2, -0.15) is 0 Å². The number of rotatable bonds is 1. The van der Waals surface area contributed by atoms with E-state index in [4.69, 9.17) is 10.5 Å². The molecule has 78 valence electrons. The molecule has 1 aliphatic heterocycles. The Kier molecular flexibility index (Phi) is 2.11. The van der Waals surface area contributed by atoms with E-state index in [2.05, 4.69) is 0 Å². The molecule has 4 nitrogen and oxygen atoms in total. The molecule has 0 aliphatic carbocycles. The van der Waals surface area contributed by atoms with E-state index in [-0.39, 0.29) is 5.88 Å². The van der Waals surface area contributed by atoms with Crippen LogP contribution in [0.2, 0.25) is 0 Å². The molecule has 1 aliphatic rings. The molecule has 15 heavy (non-hydrogen) atoms. The van der Waals surface area contributed by atoms with E-state index in [1.54, 1.807) is 12.1 Å². The summed E-state index contributed by atoms with van der Waals surface area (Å²) in [5.74, 6) is -1.18. The Morgan fingerprint density at radius 1 is 1.33 bits per heavy atom. The van der Waals surface area contributed by atoms with E-state index < -0.39 is 17.6 Å². The Balaban J connectivity index is 2.29. The summed E-state index contributed by atoms with van der Waals surface area (Å²) in [6.45, 7) is 1.95. The highest BCUT2D eigenvalue weighted by Crippen LogP contribution is 2.29. The maximum Gasteiger partial charge on any atom is 0.247 e. The molecule has 1 heterocycles. The molecule has 0 spiro atoms. The molecule has 0 aromatic heterocycles. The largest absolute Gasteiger partial charge is 0.501 e. The van der Waals surface area contributed by atoms with E-state index in [1.165, 1.54) is 0 Å². The molecule has 3 N–H and O–H groups in total. The number of carbonyl (C=O) groups is 1. The van der Waals surface area contributed by atoms with Gasteiger partial charge in [-0.05, 0) is 6.92 Å². The van der Waals surface area contributed by atoms with Gasteiger partial charge in [0.2, 0.25) is 17.4 Å². The molecule has 0 fully saturated rings. The molecule has 1 aromatic rings. The monoisotopic (exact) mass is 205 g/mol. The third-order valence-electron chi connectivity index (χ3n) is 2.33. The van der Waals surface area contributed by atoms with Crippen LogP contribution in [0.3, 0.4) is 0 Å². The predicted molar refractivity (Wildman–Crippen MR) is 53.9 cm³/mol. The molecule has 0 saturated heterocycles. The molecule has 1 atom stereocenters. The number of hydrogen-bond acceptors (Lipinski definition) is 4. The summed E-state index contributed by atoms with van der Waals surface area (Å²) >= 11 is 0. The van der Waals surface area contributed by atoms with E-state index in [1.807, 2.05) is 19.1 Å². The molecule has 0 unspecified atom stereocenters. The van der Waals surface area contributed by atoms with E-state index in [9.17, 15) is 9.90 Å². The number of carbonyl (C=O) groups excluding carboxylic acids is 1. The number of aliphatic hydroxyl groups excluding tert-OH is 1. The summed E-state index contributed by atoms with van der Waals surface area (Å²) < 4.78 is 5.07. The SMILES string of the molecule is Cc1ccc([C@H]2OC(N)=C(O)C2=O)cc1. The van der Waals surface area contributed by atoms with Crippen molar-refractivity contribution in [2.45, 2.75) is 13.0 Å². The normalized spacial score (nSPS) is 20.6. The lowest BCUT2D eigenvalue weighted by atomic mass is 10.0. The minimum Gasteiger partial charge on any atom is -0.501 e. The Hall–Kier alpha value is -1.97. The van der Waals surface area contributed by atoms with Crippen molar-refractivity contribution in [2.24, 2.45) is 5.73 Å². The maximum absolute atomic E-state index is 11.5. The van der Waals surface area contributed by atoms with E-state index in [0.29, 0.717) is 5.56 Å². The lowest BCUT2D eigenvalue weighted by Gasteiger charge is -2.09. The summed E-state index contributed by atoms with van der Waals surface area (Å²) in [4.78, 5) is 11.5. The number of ether oxygens (including phenoxy) is 1. The maximum atomic E-state index is 11.5. The number of nitrogens with two attached hydrogens (primary N) is 1. The minimum absolute atomic E-state index is 0.203. The predicted octanol–water partition coefficient (Wildman–Crippen LogP) is 1.32. The summed E-state index contributed by atoms with van der Waals surface area (Å²) in [6, 6.07) is 7.31. The smallest absolute Gasteiger partial charge is 0.247 e. The average molecular weight is 205 g/mol. The highest BCUT2D eigenvalue weighted by molar-refractivity contribution is 5.99. The van der Waals surface area contributed by atoms with E-state index in [0.717, 1.165) is 5.56 Å². The quantitative estimate of drug-likeness (QED) is 0.725. The first-order chi connectivity index (χ1) is 7.09. The van der Waals surface area contributed by atoms with Gasteiger partial charge >= 0.3 is 0 Å². The summed E-state index contributed by atoms with van der Waals surface area (Å²) in [6.07, 6.45) is -0.800. The van der Waals surface area contributed by atoms with Gasteiger partial charge in [-0.1, -0.05) is 29.8 Å². The Morgan fingerprint density at radius 3 is 2.40 bits per heavy atom. The summed E-state index contributed by atoms with van der Waals surface area (Å²) in [7, 11) is 0. The van der Waals surface area contributed by atoms with Crippen LogP contribution in [0.1, 0.15) is 17.2 Å². The fourth-order valence-electron chi connectivity index (χ4n) is 1.44. The van der Waals surface area contributed by atoms with Gasteiger partial charge in [0.05, 0.1) is 0 Å². The number of aliphatic hydroxyl groups is 1. The highest BCUT2D eigenvalue weighted by Gasteiger charge is 2.35. The van der Waals surface area contributed by atoms with Gasteiger partial charge in [0.1, 0.15) is 0 Å². The van der Waals surface area contributed by atoms with Crippen molar-refractivity contribution >= 4 is 5.78 Å².